The first-order valence-corrected chi connectivity index (χ1v) is 4.09. The Balaban J connectivity index is 4.64. The van der Waals surface area contributed by atoms with Gasteiger partial charge in [-0.3, -0.25) is 0 Å². The van der Waals surface area contributed by atoms with Crippen molar-refractivity contribution >= 4 is 12.3 Å². The molecule has 7 nitrogen and oxygen atoms in total. The molecule has 0 aliphatic carbocycles. The normalized spacial score (nSPS) is 18.9. The zero-order chi connectivity index (χ0) is 12.0. The van der Waals surface area contributed by atoms with E-state index < -0.39 is 30.4 Å². The van der Waals surface area contributed by atoms with Crippen molar-refractivity contribution in [2.75, 3.05) is 14.2 Å². The van der Waals surface area contributed by atoms with Crippen LogP contribution in [-0.4, -0.2) is 66.2 Å². The van der Waals surface area contributed by atoms with E-state index >= 15 is 0 Å². The van der Waals surface area contributed by atoms with Gasteiger partial charge in [0.2, 0.25) is 0 Å². The third kappa shape index (κ3) is 3.56. The summed E-state index contributed by atoms with van der Waals surface area (Å²) >= 11 is 0. The number of carbonyl (C=O) groups excluding carboxylic acids is 1. The maximum Gasteiger partial charge on any atom is 0.335 e. The summed E-state index contributed by atoms with van der Waals surface area (Å²) in [5, 5.41) is 26.9. The van der Waals surface area contributed by atoms with Crippen LogP contribution < -0.4 is 0 Å². The molecular formula is C8H14O7. The minimum absolute atomic E-state index is 0.353. The van der Waals surface area contributed by atoms with Gasteiger partial charge in [-0.05, 0) is 0 Å². The largest absolute Gasteiger partial charge is 0.479 e. The lowest BCUT2D eigenvalue weighted by Gasteiger charge is -2.26. The number of hydrogen-bond acceptors (Lipinski definition) is 6. The molecular weight excluding hydrogens is 208 g/mol. The Bertz CT molecular complexity index is 217. The molecule has 0 aromatic carbocycles. The third-order valence-corrected chi connectivity index (χ3v) is 1.92. The number of carboxylic acids is 1. The minimum Gasteiger partial charge on any atom is -0.479 e. The molecule has 0 amide bonds. The summed E-state index contributed by atoms with van der Waals surface area (Å²) in [6.45, 7) is 0. The lowest BCUT2D eigenvalue weighted by Crippen LogP contribution is -2.49. The Kier molecular flexibility index (Phi) is 6.02. The van der Waals surface area contributed by atoms with E-state index in [9.17, 15) is 14.7 Å². The minimum atomic E-state index is -2.03. The van der Waals surface area contributed by atoms with Crippen LogP contribution >= 0.6 is 0 Å². The summed E-state index contributed by atoms with van der Waals surface area (Å²) in [5.41, 5.74) is 0. The van der Waals surface area contributed by atoms with E-state index in [1.54, 1.807) is 0 Å². The van der Waals surface area contributed by atoms with Gasteiger partial charge in [-0.25, -0.2) is 4.79 Å². The van der Waals surface area contributed by atoms with Crippen LogP contribution in [0.15, 0.2) is 0 Å². The molecule has 15 heavy (non-hydrogen) atoms. The van der Waals surface area contributed by atoms with Crippen molar-refractivity contribution in [2.45, 2.75) is 24.4 Å². The van der Waals surface area contributed by atoms with Crippen molar-refractivity contribution in [3.8, 4) is 0 Å². The van der Waals surface area contributed by atoms with E-state index in [1.165, 1.54) is 7.11 Å². The summed E-state index contributed by atoms with van der Waals surface area (Å²) in [4.78, 5) is 20.9. The van der Waals surface area contributed by atoms with Crippen LogP contribution in [0, 0.1) is 0 Å². The number of aliphatic carboxylic acids is 1. The van der Waals surface area contributed by atoms with Crippen LogP contribution in [0.25, 0.3) is 0 Å². The van der Waals surface area contributed by atoms with Crippen molar-refractivity contribution in [3.63, 3.8) is 0 Å². The van der Waals surface area contributed by atoms with Gasteiger partial charge in [0.05, 0.1) is 0 Å². The van der Waals surface area contributed by atoms with E-state index in [2.05, 4.69) is 4.74 Å². The molecule has 0 spiro atoms. The quantitative estimate of drug-likeness (QED) is 0.428. The summed E-state index contributed by atoms with van der Waals surface area (Å²) in [7, 11) is 2.36. The van der Waals surface area contributed by atoms with Crippen LogP contribution in [0.5, 0.6) is 0 Å². The molecule has 0 saturated heterocycles. The molecule has 0 bridgehead atoms. The second-order valence-electron chi connectivity index (χ2n) is 2.81. The zero-order valence-corrected chi connectivity index (χ0v) is 8.36. The molecule has 0 aliphatic heterocycles. The molecule has 0 aromatic heterocycles. The molecule has 0 rings (SSSR count). The van der Waals surface area contributed by atoms with Gasteiger partial charge in [0.1, 0.15) is 18.3 Å². The van der Waals surface area contributed by atoms with Gasteiger partial charge in [0.15, 0.2) is 12.4 Å². The van der Waals surface area contributed by atoms with Gasteiger partial charge in [-0.15, -0.1) is 0 Å². The maximum absolute atomic E-state index is 10.5. The number of aliphatic hydroxyl groups is 2. The Morgan fingerprint density at radius 2 is 1.80 bits per heavy atom. The van der Waals surface area contributed by atoms with Gasteiger partial charge in [0.25, 0.3) is 0 Å². The van der Waals surface area contributed by atoms with Crippen LogP contribution in [0.1, 0.15) is 0 Å². The van der Waals surface area contributed by atoms with E-state index in [0.29, 0.717) is 6.29 Å². The fraction of sp³-hybridized carbons (Fsp3) is 0.750. The van der Waals surface area contributed by atoms with E-state index in [1.807, 2.05) is 0 Å². The summed E-state index contributed by atoms with van der Waals surface area (Å²) < 4.78 is 9.34. The Morgan fingerprint density at radius 3 is 2.07 bits per heavy atom. The predicted molar refractivity (Wildman–Crippen MR) is 47.3 cm³/mol. The fourth-order valence-corrected chi connectivity index (χ4v) is 1.06. The van der Waals surface area contributed by atoms with Gasteiger partial charge < -0.3 is 29.6 Å². The molecule has 0 aromatic rings. The highest BCUT2D eigenvalue weighted by molar-refractivity contribution is 5.73. The highest BCUT2D eigenvalue weighted by Gasteiger charge is 2.36. The number of rotatable bonds is 7. The number of aliphatic hydroxyl groups excluding tert-OH is 2. The number of carboxylic acid groups (broad SMARTS) is 1. The average Bonchev–Trinajstić information content (AvgIpc) is 2.23. The average molecular weight is 222 g/mol. The molecule has 0 radical (unpaired) electrons. The lowest BCUT2D eigenvalue weighted by molar-refractivity contribution is -0.168. The van der Waals surface area contributed by atoms with Crippen LogP contribution in [-0.2, 0) is 19.1 Å². The second kappa shape index (κ2) is 6.46. The van der Waals surface area contributed by atoms with Gasteiger partial charge in [-0.2, -0.15) is 0 Å². The summed E-state index contributed by atoms with van der Waals surface area (Å²) in [6.07, 6.45) is -5.81. The van der Waals surface area contributed by atoms with Crippen LogP contribution in [0.3, 0.4) is 0 Å². The fourth-order valence-electron chi connectivity index (χ4n) is 1.06. The first-order chi connectivity index (χ1) is 6.99. The molecule has 7 heteroatoms. The standard InChI is InChI=1S/C8H14O7/c1-14-4(3-9)7(15-2)5(10)6(11)8(12)13/h3-7,10-11H,1-2H3,(H,12,13). The molecule has 0 aliphatic rings. The van der Waals surface area contributed by atoms with E-state index in [4.69, 9.17) is 14.9 Å². The van der Waals surface area contributed by atoms with Crippen molar-refractivity contribution in [3.05, 3.63) is 0 Å². The first-order valence-electron chi connectivity index (χ1n) is 4.09. The van der Waals surface area contributed by atoms with Crippen molar-refractivity contribution in [2.24, 2.45) is 0 Å². The van der Waals surface area contributed by atoms with Gasteiger partial charge >= 0.3 is 5.97 Å². The molecule has 3 N–H and O–H groups in total. The smallest absolute Gasteiger partial charge is 0.335 e. The number of carbonyl (C=O) groups is 2. The van der Waals surface area contributed by atoms with Crippen molar-refractivity contribution in [1.29, 1.82) is 0 Å². The number of methoxy groups -OCH3 is 2. The monoisotopic (exact) mass is 222 g/mol. The molecule has 0 saturated carbocycles. The van der Waals surface area contributed by atoms with Crippen LogP contribution in [0.2, 0.25) is 0 Å². The molecule has 4 unspecified atom stereocenters. The molecule has 88 valence electrons. The molecule has 4 atom stereocenters. The lowest BCUT2D eigenvalue weighted by atomic mass is 10.0. The number of hydrogen-bond donors (Lipinski definition) is 3. The number of aldehydes is 1. The predicted octanol–water partition coefficient (Wildman–Crippen LogP) is -1.98. The topological polar surface area (TPSA) is 113 Å². The Hall–Kier alpha value is -1.02. The van der Waals surface area contributed by atoms with Gasteiger partial charge in [0, 0.05) is 14.2 Å². The van der Waals surface area contributed by atoms with E-state index in [0.717, 1.165) is 7.11 Å². The van der Waals surface area contributed by atoms with Crippen LogP contribution in [0.4, 0.5) is 0 Å². The third-order valence-electron chi connectivity index (χ3n) is 1.92. The Morgan fingerprint density at radius 1 is 1.27 bits per heavy atom. The van der Waals surface area contributed by atoms with Crippen molar-refractivity contribution in [1.82, 2.24) is 0 Å². The van der Waals surface area contributed by atoms with E-state index in [-0.39, 0.29) is 0 Å². The van der Waals surface area contributed by atoms with Gasteiger partial charge in [-0.1, -0.05) is 0 Å². The van der Waals surface area contributed by atoms with Crippen molar-refractivity contribution < 1.29 is 34.4 Å². The first kappa shape index (κ1) is 14.0. The highest BCUT2D eigenvalue weighted by Crippen LogP contribution is 2.10. The number of ether oxygens (including phenoxy) is 2. The zero-order valence-electron chi connectivity index (χ0n) is 8.36. The molecule has 0 fully saturated rings. The highest BCUT2D eigenvalue weighted by atomic mass is 16.5. The Labute approximate surface area is 86.2 Å². The summed E-state index contributed by atoms with van der Waals surface area (Å²) in [5.74, 6) is -1.61. The molecule has 0 heterocycles. The summed E-state index contributed by atoms with van der Waals surface area (Å²) in [6, 6.07) is 0. The SMILES string of the molecule is COC(C=O)C(OC)C(O)C(O)C(=O)O. The maximum atomic E-state index is 10.5. The second-order valence-corrected chi connectivity index (χ2v) is 2.81.